The maximum absolute atomic E-state index is 12.6. The highest BCUT2D eigenvalue weighted by molar-refractivity contribution is 9.10. The molecule has 3 nitrogen and oxygen atoms in total. The van der Waals surface area contributed by atoms with Crippen LogP contribution in [0.3, 0.4) is 0 Å². The van der Waals surface area contributed by atoms with Crippen LogP contribution in [0.2, 0.25) is 10.0 Å². The number of rotatable bonds is 2. The van der Waals surface area contributed by atoms with E-state index >= 15 is 0 Å². The van der Waals surface area contributed by atoms with Crippen LogP contribution < -0.4 is 5.32 Å². The molecule has 0 unspecified atom stereocenters. The van der Waals surface area contributed by atoms with E-state index in [0.29, 0.717) is 26.3 Å². The summed E-state index contributed by atoms with van der Waals surface area (Å²) in [5, 5.41) is 3.33. The van der Waals surface area contributed by atoms with E-state index in [2.05, 4.69) is 21.2 Å². The quantitative estimate of drug-likeness (QED) is 0.775. The molecular weight excluding hydrogens is 377 g/mol. The molecular formula is C15H8BrCl2NO2. The molecule has 1 aliphatic rings. The third-order valence-electron chi connectivity index (χ3n) is 3.26. The second kappa shape index (κ2) is 5.44. The summed E-state index contributed by atoms with van der Waals surface area (Å²) in [6.07, 6.45) is 0.249. The molecule has 0 fully saturated rings. The fourth-order valence-corrected chi connectivity index (χ4v) is 3.07. The van der Waals surface area contributed by atoms with Crippen molar-refractivity contribution < 1.29 is 9.59 Å². The molecule has 0 bridgehead atoms. The lowest BCUT2D eigenvalue weighted by Gasteiger charge is -2.09. The van der Waals surface area contributed by atoms with Crippen LogP contribution in [0.1, 0.15) is 21.5 Å². The van der Waals surface area contributed by atoms with Crippen molar-refractivity contribution in [2.75, 3.05) is 5.32 Å². The maximum atomic E-state index is 12.6. The van der Waals surface area contributed by atoms with Gasteiger partial charge in [0.15, 0.2) is 5.78 Å². The zero-order valence-corrected chi connectivity index (χ0v) is 13.6. The van der Waals surface area contributed by atoms with Crippen LogP contribution in [0.25, 0.3) is 0 Å². The Morgan fingerprint density at radius 1 is 1.19 bits per heavy atom. The van der Waals surface area contributed by atoms with E-state index in [4.69, 9.17) is 23.2 Å². The van der Waals surface area contributed by atoms with E-state index in [1.807, 2.05) is 0 Å². The summed E-state index contributed by atoms with van der Waals surface area (Å²) in [7, 11) is 0. The van der Waals surface area contributed by atoms with Crippen LogP contribution in [0, 0.1) is 0 Å². The third kappa shape index (κ3) is 2.59. The molecule has 0 spiro atoms. The molecule has 0 aromatic heterocycles. The van der Waals surface area contributed by atoms with Gasteiger partial charge in [-0.05, 0) is 45.8 Å². The lowest BCUT2D eigenvalue weighted by molar-refractivity contribution is -0.115. The van der Waals surface area contributed by atoms with Gasteiger partial charge in [0.25, 0.3) is 0 Å². The van der Waals surface area contributed by atoms with E-state index in [1.54, 1.807) is 30.3 Å². The van der Waals surface area contributed by atoms with Crippen molar-refractivity contribution in [1.82, 2.24) is 0 Å². The zero-order valence-electron chi connectivity index (χ0n) is 10.5. The van der Waals surface area contributed by atoms with Gasteiger partial charge >= 0.3 is 0 Å². The summed E-state index contributed by atoms with van der Waals surface area (Å²) >= 11 is 15.6. The third-order valence-corrected chi connectivity index (χ3v) is 4.87. The van der Waals surface area contributed by atoms with Crippen molar-refractivity contribution in [3.8, 4) is 0 Å². The molecule has 0 saturated heterocycles. The van der Waals surface area contributed by atoms with Gasteiger partial charge in [0.2, 0.25) is 5.91 Å². The highest BCUT2D eigenvalue weighted by Crippen LogP contribution is 2.33. The number of halogens is 3. The molecule has 1 aliphatic heterocycles. The molecule has 1 heterocycles. The number of amides is 1. The molecule has 0 radical (unpaired) electrons. The van der Waals surface area contributed by atoms with Crippen molar-refractivity contribution >= 4 is 56.5 Å². The molecule has 1 amide bonds. The van der Waals surface area contributed by atoms with Gasteiger partial charge in [-0.25, -0.2) is 0 Å². The van der Waals surface area contributed by atoms with Crippen molar-refractivity contribution in [2.24, 2.45) is 0 Å². The zero-order chi connectivity index (χ0) is 15.1. The molecule has 3 rings (SSSR count). The van der Waals surface area contributed by atoms with Crippen molar-refractivity contribution in [3.63, 3.8) is 0 Å². The Balaban J connectivity index is 2.09. The standard InChI is InChI=1S/C15H8BrCl2NO2/c16-10-3-1-2-8(14(10)18)15(21)9-4-7-5-13(20)19-12(7)6-11(9)17/h1-4,6H,5H2,(H,19,20). The van der Waals surface area contributed by atoms with Crippen LogP contribution in [-0.2, 0) is 11.2 Å². The summed E-state index contributed by atoms with van der Waals surface area (Å²) in [5.74, 6) is -0.375. The molecule has 0 aliphatic carbocycles. The van der Waals surface area contributed by atoms with Crippen LogP contribution in [0.4, 0.5) is 5.69 Å². The summed E-state index contributed by atoms with van der Waals surface area (Å²) < 4.78 is 0.643. The van der Waals surface area contributed by atoms with Crippen molar-refractivity contribution in [3.05, 3.63) is 61.5 Å². The first-order valence-corrected chi connectivity index (χ1v) is 7.63. The van der Waals surface area contributed by atoms with Crippen LogP contribution in [0.15, 0.2) is 34.8 Å². The summed E-state index contributed by atoms with van der Waals surface area (Å²) in [6, 6.07) is 8.37. The number of hydrogen-bond acceptors (Lipinski definition) is 2. The lowest BCUT2D eigenvalue weighted by Crippen LogP contribution is -2.04. The minimum Gasteiger partial charge on any atom is -0.325 e. The first-order chi connectivity index (χ1) is 9.97. The number of hydrogen-bond donors (Lipinski definition) is 1. The Hall–Kier alpha value is -1.36. The smallest absolute Gasteiger partial charge is 0.228 e. The van der Waals surface area contributed by atoms with Crippen molar-refractivity contribution in [2.45, 2.75) is 6.42 Å². The molecule has 2 aromatic rings. The van der Waals surface area contributed by atoms with Gasteiger partial charge in [-0.15, -0.1) is 0 Å². The predicted molar refractivity (Wildman–Crippen MR) is 86.4 cm³/mol. The van der Waals surface area contributed by atoms with Crippen LogP contribution in [0.5, 0.6) is 0 Å². The largest absolute Gasteiger partial charge is 0.325 e. The molecule has 2 aromatic carbocycles. The summed E-state index contributed by atoms with van der Waals surface area (Å²) in [6.45, 7) is 0. The van der Waals surface area contributed by atoms with Gasteiger partial charge in [-0.2, -0.15) is 0 Å². The van der Waals surface area contributed by atoms with E-state index in [1.165, 1.54) is 0 Å². The normalized spacial score (nSPS) is 13.0. The minimum absolute atomic E-state index is 0.105. The number of ketones is 1. The van der Waals surface area contributed by atoms with Gasteiger partial charge in [0, 0.05) is 21.3 Å². The highest BCUT2D eigenvalue weighted by Gasteiger charge is 2.23. The fourth-order valence-electron chi connectivity index (χ4n) is 2.25. The molecule has 0 atom stereocenters. The van der Waals surface area contributed by atoms with Gasteiger partial charge in [0.05, 0.1) is 16.5 Å². The monoisotopic (exact) mass is 383 g/mol. The lowest BCUT2D eigenvalue weighted by atomic mass is 10.00. The Kier molecular flexibility index (Phi) is 3.78. The highest BCUT2D eigenvalue weighted by atomic mass is 79.9. The van der Waals surface area contributed by atoms with Gasteiger partial charge in [-0.1, -0.05) is 29.3 Å². The van der Waals surface area contributed by atoms with Crippen molar-refractivity contribution in [1.29, 1.82) is 0 Å². The fraction of sp³-hybridized carbons (Fsp3) is 0.0667. The Morgan fingerprint density at radius 2 is 1.95 bits per heavy atom. The molecule has 6 heteroatoms. The van der Waals surface area contributed by atoms with E-state index in [0.717, 1.165) is 5.56 Å². The van der Waals surface area contributed by atoms with Gasteiger partial charge in [-0.3, -0.25) is 9.59 Å². The molecule has 106 valence electrons. The first-order valence-electron chi connectivity index (χ1n) is 6.08. The SMILES string of the molecule is O=C1Cc2cc(C(=O)c3cccc(Br)c3Cl)c(Cl)cc2N1. The summed E-state index contributed by atoms with van der Waals surface area (Å²) in [4.78, 5) is 24.0. The van der Waals surface area contributed by atoms with Crippen LogP contribution >= 0.6 is 39.1 Å². The number of nitrogens with one attached hydrogen (secondary N) is 1. The number of carbonyl (C=O) groups is 2. The second-order valence-electron chi connectivity index (χ2n) is 4.64. The van der Waals surface area contributed by atoms with Crippen LogP contribution in [-0.4, -0.2) is 11.7 Å². The predicted octanol–water partition coefficient (Wildman–Crippen LogP) is 4.48. The Labute approximate surface area is 139 Å². The number of carbonyl (C=O) groups excluding carboxylic acids is 2. The Morgan fingerprint density at radius 3 is 2.71 bits per heavy atom. The van der Waals surface area contributed by atoms with E-state index in [9.17, 15) is 9.59 Å². The topological polar surface area (TPSA) is 46.2 Å². The Bertz CT molecular complexity index is 789. The van der Waals surface area contributed by atoms with E-state index < -0.39 is 0 Å². The number of benzene rings is 2. The number of fused-ring (bicyclic) bond motifs is 1. The minimum atomic E-state index is -0.270. The average Bonchev–Trinajstić information content (AvgIpc) is 2.79. The average molecular weight is 385 g/mol. The van der Waals surface area contributed by atoms with E-state index in [-0.39, 0.29) is 23.1 Å². The number of anilines is 1. The molecule has 21 heavy (non-hydrogen) atoms. The first kappa shape index (κ1) is 14.6. The summed E-state index contributed by atoms with van der Waals surface area (Å²) in [5.41, 5.74) is 2.12. The van der Waals surface area contributed by atoms with Gasteiger partial charge in [0.1, 0.15) is 0 Å². The molecule has 1 N–H and O–H groups in total. The maximum Gasteiger partial charge on any atom is 0.228 e. The van der Waals surface area contributed by atoms with Gasteiger partial charge < -0.3 is 5.32 Å². The second-order valence-corrected chi connectivity index (χ2v) is 6.28. The molecule has 0 saturated carbocycles.